The van der Waals surface area contributed by atoms with Gasteiger partial charge in [0.25, 0.3) is 0 Å². The predicted molar refractivity (Wildman–Crippen MR) is 57.5 cm³/mol. The summed E-state index contributed by atoms with van der Waals surface area (Å²) in [6, 6.07) is 0. The molecule has 0 radical (unpaired) electrons. The molecule has 1 heteroatoms. The van der Waals surface area contributed by atoms with Crippen LogP contribution in [0.1, 0.15) is 45.4 Å². The predicted octanol–water partition coefficient (Wildman–Crippen LogP) is 4.66. The molecule has 0 aliphatic heterocycles. The smallest absolute Gasteiger partial charge is 0.0144 e. The number of hydrogen-bond donors (Lipinski definition) is 0. The van der Waals surface area contributed by atoms with E-state index >= 15 is 0 Å². The van der Waals surface area contributed by atoms with E-state index in [0.29, 0.717) is 0 Å². The molecule has 0 aliphatic carbocycles. The molecule has 0 atom stereocenters. The largest absolute Gasteiger partial charge is 0.103 e. The number of rotatable bonds is 7. The van der Waals surface area contributed by atoms with Crippen molar-refractivity contribution in [1.82, 2.24) is 0 Å². The molecule has 0 unspecified atom stereocenters. The van der Waals surface area contributed by atoms with Crippen LogP contribution in [-0.4, -0.2) is 0 Å². The molecule has 0 spiro atoms. The standard InChI is InChI=1S/C11H19Cl/c1-3-5-7-8-10-11(12)9-6-4-2/h4,9H,2-3,5-8,10H2,1H3. The molecule has 0 bridgehead atoms. The van der Waals surface area contributed by atoms with Crippen molar-refractivity contribution < 1.29 is 0 Å². The highest BCUT2D eigenvalue weighted by Crippen LogP contribution is 2.14. The van der Waals surface area contributed by atoms with Crippen molar-refractivity contribution in [1.29, 1.82) is 0 Å². The molecule has 0 saturated carbocycles. The lowest BCUT2D eigenvalue weighted by Gasteiger charge is -1.97. The first-order valence-electron chi connectivity index (χ1n) is 4.76. The Morgan fingerprint density at radius 1 is 1.33 bits per heavy atom. The normalized spacial score (nSPS) is 11.7. The number of halogens is 1. The molecule has 0 N–H and O–H groups in total. The van der Waals surface area contributed by atoms with Crippen LogP contribution in [0.2, 0.25) is 0 Å². The third-order valence-corrected chi connectivity index (χ3v) is 2.12. The maximum Gasteiger partial charge on any atom is 0.0144 e. The van der Waals surface area contributed by atoms with Crippen LogP contribution in [-0.2, 0) is 0 Å². The van der Waals surface area contributed by atoms with E-state index in [1.54, 1.807) is 0 Å². The Kier molecular flexibility index (Phi) is 8.69. The summed E-state index contributed by atoms with van der Waals surface area (Å²) in [5.41, 5.74) is 0. The van der Waals surface area contributed by atoms with Crippen LogP contribution < -0.4 is 0 Å². The lowest BCUT2D eigenvalue weighted by Crippen LogP contribution is -1.77. The van der Waals surface area contributed by atoms with Gasteiger partial charge in [0.1, 0.15) is 0 Å². The molecule has 0 aliphatic rings. The van der Waals surface area contributed by atoms with Crippen molar-refractivity contribution in [3.8, 4) is 0 Å². The minimum atomic E-state index is 0.895. The van der Waals surface area contributed by atoms with Crippen molar-refractivity contribution in [3.63, 3.8) is 0 Å². The summed E-state index contributed by atoms with van der Waals surface area (Å²) in [5, 5.41) is 0.992. The molecule has 0 heterocycles. The molecule has 0 aromatic rings. The van der Waals surface area contributed by atoms with Gasteiger partial charge in [-0.05, 0) is 19.3 Å². The second-order valence-electron chi connectivity index (χ2n) is 2.99. The van der Waals surface area contributed by atoms with E-state index in [0.717, 1.165) is 17.9 Å². The average Bonchev–Trinajstić information content (AvgIpc) is 2.09. The van der Waals surface area contributed by atoms with E-state index in [1.807, 2.05) is 12.2 Å². The molecule has 12 heavy (non-hydrogen) atoms. The maximum absolute atomic E-state index is 5.95. The Morgan fingerprint density at radius 2 is 2.08 bits per heavy atom. The summed E-state index contributed by atoms with van der Waals surface area (Å²) < 4.78 is 0. The zero-order valence-corrected chi connectivity index (χ0v) is 8.74. The summed E-state index contributed by atoms with van der Waals surface area (Å²) in [6.07, 6.45) is 11.0. The van der Waals surface area contributed by atoms with E-state index in [-0.39, 0.29) is 0 Å². The summed E-state index contributed by atoms with van der Waals surface area (Å²) in [5.74, 6) is 0. The summed E-state index contributed by atoms with van der Waals surface area (Å²) >= 11 is 5.95. The molecule has 0 aromatic carbocycles. The molecule has 0 nitrogen and oxygen atoms in total. The van der Waals surface area contributed by atoms with Crippen LogP contribution in [0.4, 0.5) is 0 Å². The molecular formula is C11H19Cl. The van der Waals surface area contributed by atoms with Crippen LogP contribution in [0.5, 0.6) is 0 Å². The van der Waals surface area contributed by atoms with Gasteiger partial charge in [-0.2, -0.15) is 0 Å². The van der Waals surface area contributed by atoms with Gasteiger partial charge >= 0.3 is 0 Å². The Labute approximate surface area is 81.3 Å². The third-order valence-electron chi connectivity index (χ3n) is 1.78. The number of hydrogen-bond acceptors (Lipinski definition) is 0. The average molecular weight is 187 g/mol. The summed E-state index contributed by atoms with van der Waals surface area (Å²) in [4.78, 5) is 0. The van der Waals surface area contributed by atoms with Crippen molar-refractivity contribution in [2.24, 2.45) is 0 Å². The second kappa shape index (κ2) is 8.86. The molecule has 0 rings (SSSR count). The van der Waals surface area contributed by atoms with Crippen LogP contribution in [0.3, 0.4) is 0 Å². The molecule has 0 amide bonds. The fourth-order valence-corrected chi connectivity index (χ4v) is 1.26. The van der Waals surface area contributed by atoms with Crippen LogP contribution in [0.15, 0.2) is 23.8 Å². The van der Waals surface area contributed by atoms with Gasteiger partial charge in [0.05, 0.1) is 0 Å². The van der Waals surface area contributed by atoms with Gasteiger partial charge in [-0.1, -0.05) is 49.9 Å². The maximum atomic E-state index is 5.95. The van der Waals surface area contributed by atoms with Crippen molar-refractivity contribution in [2.75, 3.05) is 0 Å². The fourth-order valence-electron chi connectivity index (χ4n) is 1.03. The quantitative estimate of drug-likeness (QED) is 0.401. The van der Waals surface area contributed by atoms with Crippen molar-refractivity contribution >= 4 is 11.6 Å². The Morgan fingerprint density at radius 3 is 2.67 bits per heavy atom. The summed E-state index contributed by atoms with van der Waals surface area (Å²) in [6.45, 7) is 5.86. The van der Waals surface area contributed by atoms with E-state index in [9.17, 15) is 0 Å². The monoisotopic (exact) mass is 186 g/mol. The third kappa shape index (κ3) is 7.87. The highest BCUT2D eigenvalue weighted by Gasteiger charge is 1.91. The van der Waals surface area contributed by atoms with Gasteiger partial charge in [-0.25, -0.2) is 0 Å². The van der Waals surface area contributed by atoms with E-state index < -0.39 is 0 Å². The molecule has 0 saturated heterocycles. The van der Waals surface area contributed by atoms with E-state index in [1.165, 1.54) is 25.7 Å². The minimum Gasteiger partial charge on any atom is -0.103 e. The Hall–Kier alpha value is -0.230. The Balaban J connectivity index is 3.29. The van der Waals surface area contributed by atoms with Gasteiger partial charge in [0, 0.05) is 5.03 Å². The van der Waals surface area contributed by atoms with Crippen molar-refractivity contribution in [2.45, 2.75) is 45.4 Å². The van der Waals surface area contributed by atoms with Crippen LogP contribution in [0.25, 0.3) is 0 Å². The zero-order valence-electron chi connectivity index (χ0n) is 7.98. The highest BCUT2D eigenvalue weighted by molar-refractivity contribution is 6.29. The van der Waals surface area contributed by atoms with Gasteiger partial charge in [-0.15, -0.1) is 6.58 Å². The molecule has 0 aromatic heterocycles. The SMILES string of the molecule is C=CCC=C(Cl)CCCCCC. The Bertz CT molecular complexity index is 136. The van der Waals surface area contributed by atoms with Crippen molar-refractivity contribution in [3.05, 3.63) is 23.8 Å². The summed E-state index contributed by atoms with van der Waals surface area (Å²) in [7, 11) is 0. The van der Waals surface area contributed by atoms with E-state index in [4.69, 9.17) is 11.6 Å². The fraction of sp³-hybridized carbons (Fsp3) is 0.636. The minimum absolute atomic E-state index is 0.895. The number of allylic oxidation sites excluding steroid dienone is 3. The first-order chi connectivity index (χ1) is 5.81. The second-order valence-corrected chi connectivity index (χ2v) is 3.47. The van der Waals surface area contributed by atoms with Gasteiger partial charge in [-0.3, -0.25) is 0 Å². The van der Waals surface area contributed by atoms with Gasteiger partial charge < -0.3 is 0 Å². The molecule has 0 fully saturated rings. The van der Waals surface area contributed by atoms with Gasteiger partial charge in [0.15, 0.2) is 0 Å². The first kappa shape index (κ1) is 11.8. The van der Waals surface area contributed by atoms with Crippen LogP contribution in [0, 0.1) is 0 Å². The number of unbranched alkanes of at least 4 members (excludes halogenated alkanes) is 3. The molecule has 70 valence electrons. The van der Waals surface area contributed by atoms with E-state index in [2.05, 4.69) is 13.5 Å². The lowest BCUT2D eigenvalue weighted by atomic mass is 10.1. The topological polar surface area (TPSA) is 0 Å². The molecular weight excluding hydrogens is 168 g/mol. The van der Waals surface area contributed by atoms with Gasteiger partial charge in [0.2, 0.25) is 0 Å². The first-order valence-corrected chi connectivity index (χ1v) is 5.14. The zero-order chi connectivity index (χ0) is 9.23. The van der Waals surface area contributed by atoms with Crippen LogP contribution >= 0.6 is 11.6 Å². The highest BCUT2D eigenvalue weighted by atomic mass is 35.5. The lowest BCUT2D eigenvalue weighted by molar-refractivity contribution is 0.671.